The smallest absolute Gasteiger partial charge is 0.122 e. The third-order valence-electron chi connectivity index (χ3n) is 4.26. The van der Waals surface area contributed by atoms with E-state index >= 15 is 0 Å². The number of rotatable bonds is 3. The number of fused-ring (bicyclic) bond motifs is 1. The van der Waals surface area contributed by atoms with E-state index in [1.807, 2.05) is 0 Å². The fraction of sp³-hybridized carbons (Fsp3) is 0.625. The molecule has 1 aliphatic carbocycles. The fourth-order valence-electron chi connectivity index (χ4n) is 3.43. The highest BCUT2D eigenvalue weighted by molar-refractivity contribution is 5.48. The SMILES string of the molecule is CCOc1ccc([C@@H]2CCCN2)c2c1CCCC2. The van der Waals surface area contributed by atoms with Crippen LogP contribution in [0.5, 0.6) is 5.75 Å². The lowest BCUT2D eigenvalue weighted by molar-refractivity contribution is 0.334. The highest BCUT2D eigenvalue weighted by Crippen LogP contribution is 2.36. The van der Waals surface area contributed by atoms with E-state index in [2.05, 4.69) is 24.4 Å². The molecular formula is C16H23NO. The van der Waals surface area contributed by atoms with Crippen LogP contribution in [-0.2, 0) is 12.8 Å². The van der Waals surface area contributed by atoms with Gasteiger partial charge in [0.25, 0.3) is 0 Å². The first-order valence-electron chi connectivity index (χ1n) is 7.41. The summed E-state index contributed by atoms with van der Waals surface area (Å²) in [6, 6.07) is 5.09. The molecule has 0 spiro atoms. The molecule has 1 aliphatic heterocycles. The minimum absolute atomic E-state index is 0.590. The Morgan fingerprint density at radius 2 is 2.00 bits per heavy atom. The van der Waals surface area contributed by atoms with Gasteiger partial charge < -0.3 is 10.1 Å². The zero-order valence-corrected chi connectivity index (χ0v) is 11.3. The monoisotopic (exact) mass is 245 g/mol. The maximum Gasteiger partial charge on any atom is 0.122 e. The molecule has 0 radical (unpaired) electrons. The van der Waals surface area contributed by atoms with Gasteiger partial charge in [-0.15, -0.1) is 0 Å². The molecule has 1 heterocycles. The molecular weight excluding hydrogens is 222 g/mol. The van der Waals surface area contributed by atoms with E-state index < -0.39 is 0 Å². The van der Waals surface area contributed by atoms with Crippen molar-refractivity contribution >= 4 is 0 Å². The van der Waals surface area contributed by atoms with Crippen molar-refractivity contribution in [3.63, 3.8) is 0 Å². The summed E-state index contributed by atoms with van der Waals surface area (Å²) < 4.78 is 5.80. The van der Waals surface area contributed by atoms with Crippen LogP contribution in [0.3, 0.4) is 0 Å². The first kappa shape index (κ1) is 12.0. The summed E-state index contributed by atoms with van der Waals surface area (Å²) in [4.78, 5) is 0. The molecule has 2 heteroatoms. The first-order valence-corrected chi connectivity index (χ1v) is 7.41. The molecule has 1 fully saturated rings. The molecule has 3 rings (SSSR count). The van der Waals surface area contributed by atoms with Crippen molar-refractivity contribution in [1.82, 2.24) is 5.32 Å². The Morgan fingerprint density at radius 1 is 1.17 bits per heavy atom. The highest BCUT2D eigenvalue weighted by atomic mass is 16.5. The van der Waals surface area contributed by atoms with Crippen LogP contribution >= 0.6 is 0 Å². The molecule has 2 aliphatic rings. The van der Waals surface area contributed by atoms with Gasteiger partial charge in [0.1, 0.15) is 5.75 Å². The van der Waals surface area contributed by atoms with Crippen LogP contribution in [0.1, 0.15) is 55.3 Å². The molecule has 1 atom stereocenters. The molecule has 1 saturated heterocycles. The van der Waals surface area contributed by atoms with E-state index in [0.29, 0.717) is 6.04 Å². The number of ether oxygens (including phenoxy) is 1. The molecule has 0 saturated carbocycles. The van der Waals surface area contributed by atoms with Gasteiger partial charge in [-0.3, -0.25) is 0 Å². The predicted octanol–water partition coefficient (Wildman–Crippen LogP) is 3.39. The van der Waals surface area contributed by atoms with Crippen molar-refractivity contribution < 1.29 is 4.74 Å². The molecule has 1 aromatic rings. The van der Waals surface area contributed by atoms with Crippen LogP contribution in [0.2, 0.25) is 0 Å². The van der Waals surface area contributed by atoms with Crippen LogP contribution in [0.15, 0.2) is 12.1 Å². The Labute approximate surface area is 110 Å². The average Bonchev–Trinajstić information content (AvgIpc) is 2.93. The van der Waals surface area contributed by atoms with Gasteiger partial charge in [0.05, 0.1) is 6.61 Å². The van der Waals surface area contributed by atoms with Gasteiger partial charge in [0, 0.05) is 6.04 Å². The van der Waals surface area contributed by atoms with Crippen LogP contribution < -0.4 is 10.1 Å². The second-order valence-electron chi connectivity index (χ2n) is 5.40. The summed E-state index contributed by atoms with van der Waals surface area (Å²) >= 11 is 0. The first-order chi connectivity index (χ1) is 8.90. The Morgan fingerprint density at radius 3 is 2.72 bits per heavy atom. The third-order valence-corrected chi connectivity index (χ3v) is 4.26. The van der Waals surface area contributed by atoms with E-state index in [0.717, 1.165) is 12.4 Å². The highest BCUT2D eigenvalue weighted by Gasteiger charge is 2.24. The van der Waals surface area contributed by atoms with E-state index in [4.69, 9.17) is 4.74 Å². The number of hydrogen-bond acceptors (Lipinski definition) is 2. The standard InChI is InChI=1S/C16H23NO/c1-2-18-16-10-9-13(15-8-5-11-17-15)12-6-3-4-7-14(12)16/h9-10,15,17H,2-8,11H2,1H3/t15-/m0/s1. The largest absolute Gasteiger partial charge is 0.494 e. The zero-order valence-electron chi connectivity index (χ0n) is 11.3. The van der Waals surface area contributed by atoms with E-state index in [-0.39, 0.29) is 0 Å². The summed E-state index contributed by atoms with van der Waals surface area (Å²) in [5.41, 5.74) is 4.63. The lowest BCUT2D eigenvalue weighted by Gasteiger charge is -2.25. The topological polar surface area (TPSA) is 21.3 Å². The van der Waals surface area contributed by atoms with Crippen molar-refractivity contribution in [3.8, 4) is 5.75 Å². The van der Waals surface area contributed by atoms with Gasteiger partial charge in [0.2, 0.25) is 0 Å². The maximum absolute atomic E-state index is 5.80. The molecule has 18 heavy (non-hydrogen) atoms. The summed E-state index contributed by atoms with van der Waals surface area (Å²) in [7, 11) is 0. The number of benzene rings is 1. The summed E-state index contributed by atoms with van der Waals surface area (Å²) in [5.74, 6) is 1.13. The molecule has 98 valence electrons. The van der Waals surface area contributed by atoms with Crippen molar-refractivity contribution in [2.24, 2.45) is 0 Å². The molecule has 1 aromatic carbocycles. The predicted molar refractivity (Wildman–Crippen MR) is 74.2 cm³/mol. The van der Waals surface area contributed by atoms with Crippen molar-refractivity contribution in [3.05, 3.63) is 28.8 Å². The minimum Gasteiger partial charge on any atom is -0.494 e. The van der Waals surface area contributed by atoms with Gasteiger partial charge in [-0.05, 0) is 74.8 Å². The third kappa shape index (κ3) is 2.14. The van der Waals surface area contributed by atoms with Gasteiger partial charge >= 0.3 is 0 Å². The van der Waals surface area contributed by atoms with Gasteiger partial charge in [-0.25, -0.2) is 0 Å². The summed E-state index contributed by atoms with van der Waals surface area (Å²) in [6.07, 6.45) is 7.69. The van der Waals surface area contributed by atoms with Gasteiger partial charge in [-0.1, -0.05) is 6.07 Å². The molecule has 0 unspecified atom stereocenters. The maximum atomic E-state index is 5.80. The van der Waals surface area contributed by atoms with Crippen molar-refractivity contribution in [2.75, 3.05) is 13.2 Å². The Bertz CT molecular complexity index is 421. The van der Waals surface area contributed by atoms with Crippen molar-refractivity contribution in [2.45, 2.75) is 51.5 Å². The minimum atomic E-state index is 0.590. The average molecular weight is 245 g/mol. The lowest BCUT2D eigenvalue weighted by Crippen LogP contribution is -2.17. The van der Waals surface area contributed by atoms with E-state index in [1.54, 1.807) is 11.1 Å². The number of hydrogen-bond donors (Lipinski definition) is 1. The fourth-order valence-corrected chi connectivity index (χ4v) is 3.43. The second kappa shape index (κ2) is 5.31. The van der Waals surface area contributed by atoms with Gasteiger partial charge in [-0.2, -0.15) is 0 Å². The Kier molecular flexibility index (Phi) is 3.55. The van der Waals surface area contributed by atoms with Crippen LogP contribution in [0.4, 0.5) is 0 Å². The molecule has 2 nitrogen and oxygen atoms in total. The Hall–Kier alpha value is -1.02. The quantitative estimate of drug-likeness (QED) is 0.881. The molecule has 0 aromatic heterocycles. The molecule has 0 amide bonds. The van der Waals surface area contributed by atoms with Gasteiger partial charge in [0.15, 0.2) is 0 Å². The zero-order chi connectivity index (χ0) is 12.4. The Balaban J connectivity index is 1.99. The van der Waals surface area contributed by atoms with E-state index in [1.165, 1.54) is 50.6 Å². The van der Waals surface area contributed by atoms with Crippen LogP contribution in [0.25, 0.3) is 0 Å². The van der Waals surface area contributed by atoms with Crippen molar-refractivity contribution in [1.29, 1.82) is 0 Å². The van der Waals surface area contributed by atoms with Crippen LogP contribution in [-0.4, -0.2) is 13.2 Å². The second-order valence-corrected chi connectivity index (χ2v) is 5.40. The number of nitrogens with one attached hydrogen (secondary N) is 1. The van der Waals surface area contributed by atoms with E-state index in [9.17, 15) is 0 Å². The molecule has 1 N–H and O–H groups in total. The molecule has 0 bridgehead atoms. The normalized spacial score (nSPS) is 22.8. The summed E-state index contributed by atoms with van der Waals surface area (Å²) in [6.45, 7) is 4.02. The lowest BCUT2D eigenvalue weighted by atomic mass is 9.85. The van der Waals surface area contributed by atoms with Crippen LogP contribution in [0, 0.1) is 0 Å². The summed E-state index contributed by atoms with van der Waals surface area (Å²) in [5, 5.41) is 3.63.